The number of benzene rings is 1. The van der Waals surface area contributed by atoms with Gasteiger partial charge in [-0.3, -0.25) is 9.30 Å². The van der Waals surface area contributed by atoms with Crippen molar-refractivity contribution in [3.8, 4) is 17.3 Å². The maximum atomic E-state index is 6.13. The molecular formula is C25H30N6O2. The van der Waals surface area contributed by atoms with Crippen LogP contribution in [0.15, 0.2) is 48.7 Å². The third-order valence-corrected chi connectivity index (χ3v) is 6.35. The van der Waals surface area contributed by atoms with Gasteiger partial charge in [-0.2, -0.15) is 0 Å². The van der Waals surface area contributed by atoms with Gasteiger partial charge >= 0.3 is 0 Å². The first-order valence-electron chi connectivity index (χ1n) is 11.4. The van der Waals surface area contributed by atoms with E-state index in [1.807, 2.05) is 47.7 Å². The van der Waals surface area contributed by atoms with Gasteiger partial charge in [0.2, 0.25) is 0 Å². The number of pyridine rings is 2. The lowest BCUT2D eigenvalue weighted by atomic mass is 10.1. The first-order valence-corrected chi connectivity index (χ1v) is 11.4. The molecule has 1 fully saturated rings. The van der Waals surface area contributed by atoms with Crippen molar-refractivity contribution in [2.45, 2.75) is 38.5 Å². The molecule has 0 spiro atoms. The number of hydrogen-bond donors (Lipinski definition) is 1. The highest BCUT2D eigenvalue weighted by Gasteiger charge is 2.25. The minimum Gasteiger partial charge on any atom is -0.486 e. The van der Waals surface area contributed by atoms with Crippen LogP contribution in [0.5, 0.6) is 5.75 Å². The van der Waals surface area contributed by atoms with E-state index in [0.29, 0.717) is 12.4 Å². The number of hydrogen-bond acceptors (Lipinski definition) is 7. The van der Waals surface area contributed by atoms with Crippen molar-refractivity contribution in [2.75, 3.05) is 26.8 Å². The zero-order valence-electron chi connectivity index (χ0n) is 19.3. The lowest BCUT2D eigenvalue weighted by molar-refractivity contribution is 0.0930. The van der Waals surface area contributed by atoms with Crippen LogP contribution in [0.4, 0.5) is 0 Å². The number of ether oxygens (including phenoxy) is 2. The fourth-order valence-corrected chi connectivity index (χ4v) is 4.53. The van der Waals surface area contributed by atoms with Crippen LogP contribution in [0.25, 0.3) is 28.1 Å². The fourth-order valence-electron chi connectivity index (χ4n) is 4.53. The molecule has 0 saturated carbocycles. The molecule has 3 aromatic heterocycles. The van der Waals surface area contributed by atoms with Gasteiger partial charge in [-0.05, 0) is 44.0 Å². The number of fused-ring (bicyclic) bond motifs is 2. The Labute approximate surface area is 193 Å². The Kier molecular flexibility index (Phi) is 5.97. The molecule has 3 unspecified atom stereocenters. The summed E-state index contributed by atoms with van der Waals surface area (Å²) >= 11 is 0. The molecule has 0 amide bonds. The van der Waals surface area contributed by atoms with E-state index in [0.717, 1.165) is 47.5 Å². The molecule has 172 valence electrons. The molecular weight excluding hydrogens is 416 g/mol. The van der Waals surface area contributed by atoms with Gasteiger partial charge in [-0.25, -0.2) is 4.98 Å². The highest BCUT2D eigenvalue weighted by molar-refractivity contribution is 5.86. The van der Waals surface area contributed by atoms with E-state index in [-0.39, 0.29) is 18.2 Å². The van der Waals surface area contributed by atoms with Gasteiger partial charge in [0.25, 0.3) is 0 Å². The minimum atomic E-state index is -0.0808. The van der Waals surface area contributed by atoms with E-state index in [1.165, 1.54) is 5.56 Å². The molecule has 8 heteroatoms. The Morgan fingerprint density at radius 2 is 2.00 bits per heavy atom. The SMILES string of the molecule is COCC(C)Oc1cccc2ccc(-c3nnc4ccc(C(C)N5CCC(N)C5)cn34)nc12. The molecule has 0 bridgehead atoms. The molecule has 4 heterocycles. The van der Waals surface area contributed by atoms with Crippen molar-refractivity contribution in [1.29, 1.82) is 0 Å². The van der Waals surface area contributed by atoms with Gasteiger partial charge in [0, 0.05) is 43.9 Å². The monoisotopic (exact) mass is 446 g/mol. The summed E-state index contributed by atoms with van der Waals surface area (Å²) in [7, 11) is 1.67. The van der Waals surface area contributed by atoms with E-state index < -0.39 is 0 Å². The predicted octanol–water partition coefficient (Wildman–Crippen LogP) is 3.45. The third kappa shape index (κ3) is 4.29. The molecule has 0 aliphatic carbocycles. The van der Waals surface area contributed by atoms with Crippen LogP contribution in [0, 0.1) is 0 Å². The Morgan fingerprint density at radius 1 is 1.12 bits per heavy atom. The molecule has 1 aromatic carbocycles. The van der Waals surface area contributed by atoms with Crippen molar-refractivity contribution in [3.05, 3.63) is 54.2 Å². The second kappa shape index (κ2) is 9.05. The highest BCUT2D eigenvalue weighted by atomic mass is 16.5. The second-order valence-corrected chi connectivity index (χ2v) is 8.84. The van der Waals surface area contributed by atoms with E-state index in [9.17, 15) is 0 Å². The molecule has 1 aliphatic heterocycles. The maximum Gasteiger partial charge on any atom is 0.187 e. The number of nitrogens with zero attached hydrogens (tertiary/aromatic N) is 5. The third-order valence-electron chi connectivity index (χ3n) is 6.35. The van der Waals surface area contributed by atoms with Crippen molar-refractivity contribution < 1.29 is 9.47 Å². The summed E-state index contributed by atoms with van der Waals surface area (Å²) in [5.74, 6) is 1.44. The van der Waals surface area contributed by atoms with Crippen LogP contribution in [0.2, 0.25) is 0 Å². The molecule has 5 rings (SSSR count). The quantitative estimate of drug-likeness (QED) is 0.465. The second-order valence-electron chi connectivity index (χ2n) is 8.84. The maximum absolute atomic E-state index is 6.13. The predicted molar refractivity (Wildman–Crippen MR) is 128 cm³/mol. The summed E-state index contributed by atoms with van der Waals surface area (Å²) in [4.78, 5) is 7.35. The molecule has 33 heavy (non-hydrogen) atoms. The number of likely N-dealkylation sites (tertiary alicyclic amines) is 1. The van der Waals surface area contributed by atoms with Gasteiger partial charge in [-0.15, -0.1) is 10.2 Å². The Bertz CT molecular complexity index is 1270. The summed E-state index contributed by atoms with van der Waals surface area (Å²) in [6.45, 7) is 6.65. The average Bonchev–Trinajstić information content (AvgIpc) is 3.44. The van der Waals surface area contributed by atoms with Gasteiger partial charge < -0.3 is 15.2 Å². The first kappa shape index (κ1) is 21.8. The number of methoxy groups -OCH3 is 1. The Balaban J connectivity index is 1.52. The number of para-hydroxylation sites is 1. The molecule has 0 radical (unpaired) electrons. The summed E-state index contributed by atoms with van der Waals surface area (Å²) in [5, 5.41) is 9.84. The van der Waals surface area contributed by atoms with Crippen LogP contribution >= 0.6 is 0 Å². The van der Waals surface area contributed by atoms with E-state index in [1.54, 1.807) is 7.11 Å². The lowest BCUT2D eigenvalue weighted by Crippen LogP contribution is -2.28. The summed E-state index contributed by atoms with van der Waals surface area (Å²) in [6, 6.07) is 14.6. The van der Waals surface area contributed by atoms with Gasteiger partial charge in [-0.1, -0.05) is 24.3 Å². The van der Waals surface area contributed by atoms with Crippen LogP contribution in [-0.2, 0) is 4.74 Å². The number of rotatable bonds is 7. The van der Waals surface area contributed by atoms with Gasteiger partial charge in [0.15, 0.2) is 11.5 Å². The van der Waals surface area contributed by atoms with E-state index in [2.05, 4.69) is 34.3 Å². The molecule has 1 saturated heterocycles. The Morgan fingerprint density at radius 3 is 2.79 bits per heavy atom. The standard InChI is InChI=1S/C25H30N6O2/c1-16(15-32-3)33-22-6-4-5-18-7-9-21(27-24(18)22)25-29-28-23-10-8-19(13-31(23)25)17(2)30-12-11-20(26)14-30/h4-10,13,16-17,20H,11-12,14-15,26H2,1-3H3. The summed E-state index contributed by atoms with van der Waals surface area (Å²) in [5.41, 5.74) is 9.67. The van der Waals surface area contributed by atoms with Crippen molar-refractivity contribution in [1.82, 2.24) is 24.5 Å². The summed E-state index contributed by atoms with van der Waals surface area (Å²) in [6.07, 6.45) is 3.08. The van der Waals surface area contributed by atoms with Gasteiger partial charge in [0.05, 0.1) is 6.61 Å². The van der Waals surface area contributed by atoms with Crippen LogP contribution < -0.4 is 10.5 Å². The van der Waals surface area contributed by atoms with Crippen LogP contribution in [0.3, 0.4) is 0 Å². The molecule has 1 aliphatic rings. The zero-order chi connectivity index (χ0) is 22.9. The topological polar surface area (TPSA) is 90.8 Å². The largest absolute Gasteiger partial charge is 0.486 e. The van der Waals surface area contributed by atoms with Crippen molar-refractivity contribution in [2.24, 2.45) is 5.73 Å². The van der Waals surface area contributed by atoms with Crippen LogP contribution in [-0.4, -0.2) is 63.4 Å². The smallest absolute Gasteiger partial charge is 0.187 e. The normalized spacial score (nSPS) is 18.7. The van der Waals surface area contributed by atoms with E-state index in [4.69, 9.17) is 20.2 Å². The molecule has 3 atom stereocenters. The summed E-state index contributed by atoms with van der Waals surface area (Å²) < 4.78 is 13.3. The van der Waals surface area contributed by atoms with Crippen molar-refractivity contribution in [3.63, 3.8) is 0 Å². The lowest BCUT2D eigenvalue weighted by Gasteiger charge is -2.24. The molecule has 4 aromatic rings. The van der Waals surface area contributed by atoms with Crippen LogP contribution in [0.1, 0.15) is 31.9 Å². The zero-order valence-corrected chi connectivity index (χ0v) is 19.3. The average molecular weight is 447 g/mol. The molecule has 2 N–H and O–H groups in total. The Hall–Kier alpha value is -3.07. The highest BCUT2D eigenvalue weighted by Crippen LogP contribution is 2.29. The minimum absolute atomic E-state index is 0.0808. The van der Waals surface area contributed by atoms with E-state index >= 15 is 0 Å². The fraction of sp³-hybridized carbons (Fsp3) is 0.400. The number of nitrogens with two attached hydrogens (primary N) is 1. The molecule has 8 nitrogen and oxygen atoms in total. The van der Waals surface area contributed by atoms with Gasteiger partial charge in [0.1, 0.15) is 23.1 Å². The number of aromatic nitrogens is 4. The van der Waals surface area contributed by atoms with Crippen molar-refractivity contribution >= 4 is 16.6 Å². The first-order chi connectivity index (χ1) is 16.0.